The van der Waals surface area contributed by atoms with Crippen LogP contribution in [0.2, 0.25) is 0 Å². The van der Waals surface area contributed by atoms with E-state index in [1.807, 2.05) is 23.9 Å². The molecule has 0 unspecified atom stereocenters. The number of anilines is 2. The fourth-order valence-corrected chi connectivity index (χ4v) is 5.17. The van der Waals surface area contributed by atoms with Gasteiger partial charge in [0.05, 0.1) is 30.8 Å². The molecular weight excluding hydrogens is 530 g/mol. The molecule has 39 heavy (non-hydrogen) atoms. The molecule has 1 aromatic carbocycles. The molecule has 2 fully saturated rings. The van der Waals surface area contributed by atoms with E-state index in [0.29, 0.717) is 61.5 Å². The van der Waals surface area contributed by atoms with Crippen molar-refractivity contribution < 1.29 is 18.3 Å². The number of nitrogens with one attached hydrogen (secondary N) is 2. The van der Waals surface area contributed by atoms with E-state index >= 15 is 0 Å². The minimum Gasteiger partial charge on any atom is -0.378 e. The van der Waals surface area contributed by atoms with E-state index in [1.165, 1.54) is 4.57 Å². The number of halogens is 3. The Hall–Kier alpha value is -3.09. The Morgan fingerprint density at radius 1 is 1.13 bits per heavy atom. The van der Waals surface area contributed by atoms with Gasteiger partial charge in [-0.1, -0.05) is 12.1 Å². The normalized spacial score (nSPS) is 19.8. The topological polar surface area (TPSA) is 100 Å². The molecule has 3 heterocycles. The molecule has 1 saturated heterocycles. The summed E-state index contributed by atoms with van der Waals surface area (Å²) in [5.41, 5.74) is 1.04. The number of likely N-dealkylation sites (N-methyl/N-ethyl adjacent to an activating group) is 1. The molecule has 0 bridgehead atoms. The number of nitrogens with zero attached hydrogens (tertiary/aromatic N) is 6. The van der Waals surface area contributed by atoms with Crippen LogP contribution in [-0.2, 0) is 9.53 Å². The summed E-state index contributed by atoms with van der Waals surface area (Å²) < 4.78 is 35.1. The standard InChI is InChI=1S/C26H34F2N8O2.ClH/c1-34(2)16-23(37)30-18-7-5-6-17(14-18)29-21-15-22(33-26(32-21)35-10-12-38-13-11-35)36-20-9-4-3-8-19(20)31-25(36)24(27)28;/h3-4,8-9,15,17-18,24H,5-7,10-14,16H2,1-2H3,(H,30,37)(H,29,32,33);1H/t17-,18+;/m0./s1. The molecule has 0 radical (unpaired) electrons. The maximum Gasteiger partial charge on any atom is 0.296 e. The molecule has 2 aromatic heterocycles. The number of rotatable bonds is 8. The Morgan fingerprint density at radius 2 is 1.87 bits per heavy atom. The number of para-hydroxylation sites is 2. The zero-order valence-corrected chi connectivity index (χ0v) is 23.0. The third kappa shape index (κ3) is 6.92. The van der Waals surface area contributed by atoms with Gasteiger partial charge in [-0.3, -0.25) is 9.36 Å². The van der Waals surface area contributed by atoms with Crippen LogP contribution in [0.25, 0.3) is 16.9 Å². The van der Waals surface area contributed by atoms with Crippen molar-refractivity contribution in [3.05, 3.63) is 36.2 Å². The lowest BCUT2D eigenvalue weighted by Gasteiger charge is -2.32. The highest BCUT2D eigenvalue weighted by Gasteiger charge is 2.26. The van der Waals surface area contributed by atoms with E-state index in [1.54, 1.807) is 30.3 Å². The first-order valence-electron chi connectivity index (χ1n) is 13.1. The van der Waals surface area contributed by atoms with Crippen molar-refractivity contribution >= 4 is 41.1 Å². The molecule has 5 rings (SSSR count). The lowest BCUT2D eigenvalue weighted by molar-refractivity contribution is -0.122. The molecule has 2 atom stereocenters. The van der Waals surface area contributed by atoms with Gasteiger partial charge in [-0.25, -0.2) is 13.8 Å². The Kier molecular flexibility index (Phi) is 9.52. The molecule has 1 saturated carbocycles. The zero-order chi connectivity index (χ0) is 26.6. The minimum atomic E-state index is -2.77. The van der Waals surface area contributed by atoms with Crippen LogP contribution in [0.5, 0.6) is 0 Å². The summed E-state index contributed by atoms with van der Waals surface area (Å²) in [6.07, 6.45) is 0.778. The summed E-state index contributed by atoms with van der Waals surface area (Å²) in [6.45, 7) is 2.66. The number of benzene rings is 1. The van der Waals surface area contributed by atoms with Gasteiger partial charge in [0.1, 0.15) is 11.6 Å². The second-order valence-electron chi connectivity index (χ2n) is 10.1. The van der Waals surface area contributed by atoms with Gasteiger partial charge in [-0.05, 0) is 51.9 Å². The third-order valence-electron chi connectivity index (χ3n) is 6.86. The first kappa shape index (κ1) is 28.9. The monoisotopic (exact) mass is 564 g/mol. The molecule has 1 aliphatic carbocycles. The van der Waals surface area contributed by atoms with Crippen LogP contribution < -0.4 is 15.5 Å². The summed E-state index contributed by atoms with van der Waals surface area (Å²) in [7, 11) is 3.74. The van der Waals surface area contributed by atoms with Crippen molar-refractivity contribution in [2.75, 3.05) is 57.2 Å². The number of fused-ring (bicyclic) bond motifs is 1. The SMILES string of the molecule is CN(C)CC(=O)N[C@@H]1CCC[C@H](Nc2cc(-n3c(C(F)F)nc4ccccc43)nc(N3CCOCC3)n2)C1.Cl. The van der Waals surface area contributed by atoms with Crippen LogP contribution in [0, 0.1) is 0 Å². The van der Waals surface area contributed by atoms with Gasteiger partial charge in [0.2, 0.25) is 11.9 Å². The Balaban J connectivity index is 0.00000353. The smallest absolute Gasteiger partial charge is 0.296 e. The van der Waals surface area contributed by atoms with Crippen molar-refractivity contribution in [2.45, 2.75) is 44.2 Å². The largest absolute Gasteiger partial charge is 0.378 e. The summed E-state index contributed by atoms with van der Waals surface area (Å²) in [5.74, 6) is 0.994. The van der Waals surface area contributed by atoms with E-state index in [-0.39, 0.29) is 36.2 Å². The first-order chi connectivity index (χ1) is 18.4. The number of ether oxygens (including phenoxy) is 1. The van der Waals surface area contributed by atoms with E-state index in [2.05, 4.69) is 15.6 Å². The number of carbonyl (C=O) groups excluding carboxylic acids is 1. The predicted octanol–water partition coefficient (Wildman–Crippen LogP) is 3.41. The molecule has 10 nitrogen and oxygen atoms in total. The average Bonchev–Trinajstić information content (AvgIpc) is 3.29. The highest BCUT2D eigenvalue weighted by molar-refractivity contribution is 5.85. The van der Waals surface area contributed by atoms with E-state index in [0.717, 1.165) is 25.7 Å². The first-order valence-corrected chi connectivity index (χ1v) is 13.1. The maximum absolute atomic E-state index is 14.1. The molecule has 1 amide bonds. The number of hydrogen-bond acceptors (Lipinski definition) is 8. The minimum absolute atomic E-state index is 0. The predicted molar refractivity (Wildman–Crippen MR) is 148 cm³/mol. The van der Waals surface area contributed by atoms with Crippen LogP contribution in [0.1, 0.15) is 37.9 Å². The maximum atomic E-state index is 14.1. The van der Waals surface area contributed by atoms with Crippen molar-refractivity contribution in [1.29, 1.82) is 0 Å². The van der Waals surface area contributed by atoms with Crippen LogP contribution in [0.4, 0.5) is 20.5 Å². The number of morpholine rings is 1. The lowest BCUT2D eigenvalue weighted by atomic mass is 9.91. The fraction of sp³-hybridized carbons (Fsp3) is 0.538. The Labute approximate surface area is 232 Å². The van der Waals surface area contributed by atoms with Gasteiger partial charge in [0.25, 0.3) is 6.43 Å². The number of alkyl halides is 2. The molecule has 0 spiro atoms. The number of hydrogen-bond donors (Lipinski definition) is 2. The summed E-state index contributed by atoms with van der Waals surface area (Å²) in [4.78, 5) is 29.8. The Bertz CT molecular complexity index is 1270. The van der Waals surface area contributed by atoms with Crippen molar-refractivity contribution in [3.63, 3.8) is 0 Å². The highest BCUT2D eigenvalue weighted by atomic mass is 35.5. The molecule has 13 heteroatoms. The summed E-state index contributed by atoms with van der Waals surface area (Å²) in [6, 6.07) is 8.90. The van der Waals surface area contributed by atoms with Crippen molar-refractivity contribution in [3.8, 4) is 5.82 Å². The van der Waals surface area contributed by atoms with Gasteiger partial charge in [0.15, 0.2) is 5.82 Å². The quantitative estimate of drug-likeness (QED) is 0.429. The van der Waals surface area contributed by atoms with Crippen molar-refractivity contribution in [2.24, 2.45) is 0 Å². The van der Waals surface area contributed by atoms with Crippen LogP contribution >= 0.6 is 12.4 Å². The molecular formula is C26H35ClF2N8O2. The summed E-state index contributed by atoms with van der Waals surface area (Å²) in [5, 5.41) is 6.64. The Morgan fingerprint density at radius 3 is 2.62 bits per heavy atom. The van der Waals surface area contributed by atoms with E-state index in [9.17, 15) is 13.6 Å². The van der Waals surface area contributed by atoms with Crippen LogP contribution in [0.3, 0.4) is 0 Å². The highest BCUT2D eigenvalue weighted by Crippen LogP contribution is 2.30. The zero-order valence-electron chi connectivity index (χ0n) is 22.1. The summed E-state index contributed by atoms with van der Waals surface area (Å²) >= 11 is 0. The van der Waals surface area contributed by atoms with Crippen LogP contribution in [-0.4, -0.2) is 89.4 Å². The van der Waals surface area contributed by atoms with Crippen molar-refractivity contribution in [1.82, 2.24) is 29.7 Å². The number of imidazole rings is 1. The van der Waals surface area contributed by atoms with E-state index < -0.39 is 6.43 Å². The molecule has 1 aliphatic heterocycles. The second kappa shape index (κ2) is 12.8. The molecule has 2 N–H and O–H groups in total. The molecule has 3 aromatic rings. The van der Waals surface area contributed by atoms with Crippen LogP contribution in [0.15, 0.2) is 30.3 Å². The van der Waals surface area contributed by atoms with Gasteiger partial charge < -0.3 is 25.2 Å². The number of amides is 1. The molecule has 212 valence electrons. The number of carbonyl (C=O) groups is 1. The van der Waals surface area contributed by atoms with Gasteiger partial charge in [0, 0.05) is 31.2 Å². The van der Waals surface area contributed by atoms with Gasteiger partial charge in [-0.2, -0.15) is 9.97 Å². The third-order valence-corrected chi connectivity index (χ3v) is 6.86. The van der Waals surface area contributed by atoms with Gasteiger partial charge in [-0.15, -0.1) is 12.4 Å². The average molecular weight is 565 g/mol. The fourth-order valence-electron chi connectivity index (χ4n) is 5.17. The number of aromatic nitrogens is 4. The lowest BCUT2D eigenvalue weighted by Crippen LogP contribution is -2.44. The second-order valence-corrected chi connectivity index (χ2v) is 10.1. The van der Waals surface area contributed by atoms with Gasteiger partial charge >= 0.3 is 0 Å². The molecule has 2 aliphatic rings. The van der Waals surface area contributed by atoms with E-state index in [4.69, 9.17) is 14.7 Å².